The number of carbonyl (C=O) groups excluding carboxylic acids is 1. The van der Waals surface area contributed by atoms with Gasteiger partial charge < -0.3 is 14.8 Å². The van der Waals surface area contributed by atoms with Crippen molar-refractivity contribution < 1.29 is 14.3 Å². The van der Waals surface area contributed by atoms with Crippen LogP contribution < -0.4 is 10.1 Å². The van der Waals surface area contributed by atoms with Crippen LogP contribution >= 0.6 is 0 Å². The third kappa shape index (κ3) is 4.33. The van der Waals surface area contributed by atoms with Gasteiger partial charge in [-0.15, -0.1) is 0 Å². The summed E-state index contributed by atoms with van der Waals surface area (Å²) in [6.07, 6.45) is 2.44. The fourth-order valence-corrected chi connectivity index (χ4v) is 3.47. The van der Waals surface area contributed by atoms with Crippen molar-refractivity contribution in [1.82, 2.24) is 15.1 Å². The summed E-state index contributed by atoms with van der Waals surface area (Å²) >= 11 is 0. The Balaban J connectivity index is 1.66. The molecular formula is C21H29N3O3. The molecule has 1 fully saturated rings. The van der Waals surface area contributed by atoms with Crippen LogP contribution in [0.15, 0.2) is 30.5 Å². The average Bonchev–Trinajstić information content (AvgIpc) is 3.22. The monoisotopic (exact) mass is 371 g/mol. The highest BCUT2D eigenvalue weighted by molar-refractivity contribution is 5.80. The number of nitrogens with zero attached hydrogens (tertiary/aromatic N) is 2. The SMILES string of the molecule is Cc1c([C@H]2OCC[C@@H]2C(=O)N[C@H](C)c2ccc(OC(C)C)cc2)cnn1C. The lowest BCUT2D eigenvalue weighted by Gasteiger charge is -2.21. The van der Waals surface area contributed by atoms with E-state index in [0.29, 0.717) is 6.61 Å². The minimum atomic E-state index is -0.229. The fourth-order valence-electron chi connectivity index (χ4n) is 3.47. The molecule has 1 aliphatic heterocycles. The van der Waals surface area contributed by atoms with Gasteiger partial charge in [0.25, 0.3) is 0 Å². The van der Waals surface area contributed by atoms with Crippen molar-refractivity contribution in [3.05, 3.63) is 47.3 Å². The number of aromatic nitrogens is 2. The standard InChI is InChI=1S/C21H29N3O3/c1-13(2)27-17-8-6-16(7-9-17)14(3)23-21(25)18-10-11-26-20(18)19-12-22-24(5)15(19)4/h6-9,12-14,18,20H,10-11H2,1-5H3,(H,23,25)/t14-,18+,20+/m1/s1. The van der Waals surface area contributed by atoms with E-state index >= 15 is 0 Å². The summed E-state index contributed by atoms with van der Waals surface area (Å²) in [5.41, 5.74) is 3.08. The van der Waals surface area contributed by atoms with E-state index in [2.05, 4.69) is 10.4 Å². The average molecular weight is 371 g/mol. The molecule has 2 aromatic rings. The highest BCUT2D eigenvalue weighted by Crippen LogP contribution is 2.36. The van der Waals surface area contributed by atoms with Crippen molar-refractivity contribution in [3.8, 4) is 5.75 Å². The van der Waals surface area contributed by atoms with Crippen molar-refractivity contribution >= 4 is 5.91 Å². The molecule has 0 bridgehead atoms. The van der Waals surface area contributed by atoms with Crippen LogP contribution in [-0.2, 0) is 16.6 Å². The maximum absolute atomic E-state index is 12.9. The van der Waals surface area contributed by atoms with E-state index in [-0.39, 0.29) is 30.1 Å². The molecule has 146 valence electrons. The second-order valence-electron chi connectivity index (χ2n) is 7.46. The van der Waals surface area contributed by atoms with Gasteiger partial charge in [0.05, 0.1) is 30.4 Å². The number of benzene rings is 1. The van der Waals surface area contributed by atoms with Gasteiger partial charge in [0.1, 0.15) is 5.75 Å². The van der Waals surface area contributed by atoms with Crippen LogP contribution in [0.2, 0.25) is 0 Å². The largest absolute Gasteiger partial charge is 0.491 e. The molecule has 0 spiro atoms. The minimum absolute atomic E-state index is 0.0239. The van der Waals surface area contributed by atoms with E-state index in [1.54, 1.807) is 0 Å². The molecule has 1 N–H and O–H groups in total. The molecule has 0 aliphatic carbocycles. The van der Waals surface area contributed by atoms with Crippen LogP contribution in [0.4, 0.5) is 0 Å². The minimum Gasteiger partial charge on any atom is -0.491 e. The van der Waals surface area contributed by atoms with E-state index in [1.165, 1.54) is 0 Å². The highest BCUT2D eigenvalue weighted by Gasteiger charge is 2.37. The van der Waals surface area contributed by atoms with Crippen LogP contribution in [0.1, 0.15) is 56.2 Å². The molecular weight excluding hydrogens is 342 g/mol. The molecule has 1 saturated heterocycles. The Bertz CT molecular complexity index is 782. The fraction of sp³-hybridized carbons (Fsp3) is 0.524. The molecule has 2 heterocycles. The number of ether oxygens (including phenoxy) is 2. The third-order valence-corrected chi connectivity index (χ3v) is 5.12. The quantitative estimate of drug-likeness (QED) is 0.844. The van der Waals surface area contributed by atoms with Gasteiger partial charge in [-0.3, -0.25) is 9.48 Å². The van der Waals surface area contributed by atoms with E-state index in [0.717, 1.165) is 29.0 Å². The van der Waals surface area contributed by atoms with Gasteiger partial charge >= 0.3 is 0 Å². The molecule has 3 rings (SSSR count). The Morgan fingerprint density at radius 2 is 2.00 bits per heavy atom. The lowest BCUT2D eigenvalue weighted by molar-refractivity contribution is -0.127. The summed E-state index contributed by atoms with van der Waals surface area (Å²) in [4.78, 5) is 12.9. The summed E-state index contributed by atoms with van der Waals surface area (Å²) in [5.74, 6) is 0.665. The number of nitrogens with one attached hydrogen (secondary N) is 1. The predicted octanol–water partition coefficient (Wildman–Crippen LogP) is 3.47. The molecule has 6 heteroatoms. The molecule has 1 aromatic heterocycles. The first kappa shape index (κ1) is 19.4. The topological polar surface area (TPSA) is 65.4 Å². The number of carbonyl (C=O) groups is 1. The summed E-state index contributed by atoms with van der Waals surface area (Å²) in [7, 11) is 1.90. The van der Waals surface area contributed by atoms with E-state index in [9.17, 15) is 4.79 Å². The smallest absolute Gasteiger partial charge is 0.226 e. The van der Waals surface area contributed by atoms with Gasteiger partial charge in [-0.2, -0.15) is 5.10 Å². The lowest BCUT2D eigenvalue weighted by Crippen LogP contribution is -2.34. The van der Waals surface area contributed by atoms with Crippen molar-refractivity contribution in [2.45, 2.75) is 52.4 Å². The van der Waals surface area contributed by atoms with E-state index in [4.69, 9.17) is 9.47 Å². The molecule has 3 atom stereocenters. The van der Waals surface area contributed by atoms with Gasteiger partial charge in [0.2, 0.25) is 5.91 Å². The normalized spacial score (nSPS) is 20.7. The second-order valence-corrected chi connectivity index (χ2v) is 7.46. The maximum atomic E-state index is 12.9. The van der Waals surface area contributed by atoms with Crippen LogP contribution in [0.3, 0.4) is 0 Å². The number of hydrogen-bond acceptors (Lipinski definition) is 4. The van der Waals surface area contributed by atoms with Crippen molar-refractivity contribution in [3.63, 3.8) is 0 Å². The van der Waals surface area contributed by atoms with Gasteiger partial charge in [-0.25, -0.2) is 0 Å². The summed E-state index contributed by atoms with van der Waals surface area (Å²) < 4.78 is 13.4. The van der Waals surface area contributed by atoms with Crippen LogP contribution in [0.25, 0.3) is 0 Å². The molecule has 27 heavy (non-hydrogen) atoms. The first-order valence-electron chi connectivity index (χ1n) is 9.54. The summed E-state index contributed by atoms with van der Waals surface area (Å²) in [6, 6.07) is 7.80. The Morgan fingerprint density at radius 1 is 1.30 bits per heavy atom. The third-order valence-electron chi connectivity index (χ3n) is 5.12. The number of hydrogen-bond donors (Lipinski definition) is 1. The van der Waals surface area contributed by atoms with Crippen LogP contribution in [0, 0.1) is 12.8 Å². The van der Waals surface area contributed by atoms with E-state index < -0.39 is 0 Å². The zero-order chi connectivity index (χ0) is 19.6. The highest BCUT2D eigenvalue weighted by atomic mass is 16.5. The predicted molar refractivity (Wildman–Crippen MR) is 104 cm³/mol. The summed E-state index contributed by atoms with van der Waals surface area (Å²) in [6.45, 7) is 8.59. The number of amides is 1. The maximum Gasteiger partial charge on any atom is 0.226 e. The number of rotatable bonds is 6. The molecule has 0 saturated carbocycles. The first-order valence-corrected chi connectivity index (χ1v) is 9.54. The summed E-state index contributed by atoms with van der Waals surface area (Å²) in [5, 5.41) is 7.42. The Kier molecular flexibility index (Phi) is 5.85. The molecule has 6 nitrogen and oxygen atoms in total. The van der Waals surface area contributed by atoms with Crippen LogP contribution in [-0.4, -0.2) is 28.4 Å². The second kappa shape index (κ2) is 8.13. The zero-order valence-electron chi connectivity index (χ0n) is 16.7. The van der Waals surface area contributed by atoms with Gasteiger partial charge in [0, 0.05) is 24.9 Å². The van der Waals surface area contributed by atoms with Crippen molar-refractivity contribution in [2.24, 2.45) is 13.0 Å². The Hall–Kier alpha value is -2.34. The Labute approximate surface area is 160 Å². The van der Waals surface area contributed by atoms with Gasteiger partial charge in [-0.05, 0) is 51.8 Å². The van der Waals surface area contributed by atoms with Crippen molar-refractivity contribution in [2.75, 3.05) is 6.61 Å². The van der Waals surface area contributed by atoms with Gasteiger partial charge in [-0.1, -0.05) is 12.1 Å². The van der Waals surface area contributed by atoms with Gasteiger partial charge in [0.15, 0.2) is 0 Å². The molecule has 0 radical (unpaired) electrons. The molecule has 1 amide bonds. The van der Waals surface area contributed by atoms with Crippen LogP contribution in [0.5, 0.6) is 5.75 Å². The first-order chi connectivity index (χ1) is 12.9. The lowest BCUT2D eigenvalue weighted by atomic mass is 9.94. The number of aryl methyl sites for hydroxylation is 1. The molecule has 0 unspecified atom stereocenters. The molecule has 1 aliphatic rings. The van der Waals surface area contributed by atoms with E-state index in [1.807, 2.05) is 69.9 Å². The van der Waals surface area contributed by atoms with Crippen molar-refractivity contribution in [1.29, 1.82) is 0 Å². The Morgan fingerprint density at radius 3 is 2.59 bits per heavy atom. The zero-order valence-corrected chi connectivity index (χ0v) is 16.7. The molecule has 1 aromatic carbocycles.